The van der Waals surface area contributed by atoms with Gasteiger partial charge < -0.3 is 20.3 Å². The summed E-state index contributed by atoms with van der Waals surface area (Å²) in [5.41, 5.74) is 1.22. The van der Waals surface area contributed by atoms with Gasteiger partial charge in [0.1, 0.15) is 5.75 Å². The number of guanidine groups is 1. The van der Waals surface area contributed by atoms with Crippen molar-refractivity contribution < 1.29 is 9.53 Å². The summed E-state index contributed by atoms with van der Waals surface area (Å²) in [6.07, 6.45) is 2.42. The number of nitrogens with one attached hydrogen (secondary N) is 2. The van der Waals surface area contributed by atoms with E-state index < -0.39 is 0 Å². The van der Waals surface area contributed by atoms with Crippen LogP contribution >= 0.6 is 0 Å². The molecule has 2 rings (SSSR count). The summed E-state index contributed by atoms with van der Waals surface area (Å²) in [6, 6.07) is 8.35. The second kappa shape index (κ2) is 9.15. The zero-order valence-corrected chi connectivity index (χ0v) is 14.8. The Kier molecular flexibility index (Phi) is 6.90. The first-order valence-electron chi connectivity index (χ1n) is 8.54. The van der Waals surface area contributed by atoms with Crippen LogP contribution in [-0.4, -0.2) is 56.6 Å². The van der Waals surface area contributed by atoms with Crippen LogP contribution in [0.25, 0.3) is 0 Å². The Morgan fingerprint density at radius 3 is 3.00 bits per heavy atom. The molecule has 6 heteroatoms. The number of ether oxygens (including phenoxy) is 1. The highest BCUT2D eigenvalue weighted by Crippen LogP contribution is 2.13. The molecule has 1 saturated heterocycles. The average molecular weight is 332 g/mol. The fourth-order valence-corrected chi connectivity index (χ4v) is 2.87. The van der Waals surface area contributed by atoms with E-state index in [1.165, 1.54) is 5.56 Å². The van der Waals surface area contributed by atoms with Crippen molar-refractivity contribution >= 4 is 11.9 Å². The Morgan fingerprint density at radius 2 is 2.29 bits per heavy atom. The summed E-state index contributed by atoms with van der Waals surface area (Å²) < 4.78 is 5.24. The molecule has 24 heavy (non-hydrogen) atoms. The van der Waals surface area contributed by atoms with E-state index in [9.17, 15) is 4.79 Å². The van der Waals surface area contributed by atoms with E-state index >= 15 is 0 Å². The third-order valence-corrected chi connectivity index (χ3v) is 4.25. The van der Waals surface area contributed by atoms with E-state index in [-0.39, 0.29) is 11.9 Å². The monoisotopic (exact) mass is 332 g/mol. The number of benzene rings is 1. The molecular weight excluding hydrogens is 304 g/mol. The number of likely N-dealkylation sites (tertiary alicyclic amines) is 1. The van der Waals surface area contributed by atoms with Crippen molar-refractivity contribution in [2.75, 3.05) is 33.8 Å². The van der Waals surface area contributed by atoms with Crippen molar-refractivity contribution in [2.24, 2.45) is 4.99 Å². The molecule has 1 unspecified atom stereocenters. The Balaban J connectivity index is 1.76. The summed E-state index contributed by atoms with van der Waals surface area (Å²) in [6.45, 7) is 4.27. The number of carbonyl (C=O) groups is 1. The molecule has 1 aliphatic rings. The fraction of sp³-hybridized carbons (Fsp3) is 0.556. The predicted molar refractivity (Wildman–Crippen MR) is 96.5 cm³/mol. The zero-order valence-electron chi connectivity index (χ0n) is 14.8. The minimum absolute atomic E-state index is 0.222. The number of carbonyl (C=O) groups excluding carboxylic acids is 1. The van der Waals surface area contributed by atoms with Gasteiger partial charge in [-0.15, -0.1) is 0 Å². The van der Waals surface area contributed by atoms with Gasteiger partial charge in [-0.05, 0) is 30.5 Å². The quantitative estimate of drug-likeness (QED) is 0.611. The molecule has 1 aromatic carbocycles. The SMILES string of the molecule is CCC(=O)N1CCC(NC(=NC)NCCc2cccc(OC)c2)C1. The van der Waals surface area contributed by atoms with Gasteiger partial charge in [-0.25, -0.2) is 0 Å². The summed E-state index contributed by atoms with van der Waals surface area (Å²) >= 11 is 0. The van der Waals surface area contributed by atoms with Crippen molar-refractivity contribution in [3.63, 3.8) is 0 Å². The van der Waals surface area contributed by atoms with Gasteiger partial charge in [0, 0.05) is 39.1 Å². The zero-order chi connectivity index (χ0) is 17.4. The largest absolute Gasteiger partial charge is 0.497 e. The highest BCUT2D eigenvalue weighted by Gasteiger charge is 2.25. The second-order valence-electron chi connectivity index (χ2n) is 5.92. The summed E-state index contributed by atoms with van der Waals surface area (Å²) in [5, 5.41) is 6.74. The molecule has 132 valence electrons. The van der Waals surface area contributed by atoms with E-state index in [1.54, 1.807) is 14.2 Å². The highest BCUT2D eigenvalue weighted by atomic mass is 16.5. The molecule has 0 aromatic heterocycles. The molecule has 0 saturated carbocycles. The first-order valence-corrected chi connectivity index (χ1v) is 8.54. The lowest BCUT2D eigenvalue weighted by atomic mass is 10.1. The summed E-state index contributed by atoms with van der Waals surface area (Å²) in [4.78, 5) is 17.9. The minimum Gasteiger partial charge on any atom is -0.497 e. The molecule has 1 aromatic rings. The number of amides is 1. The van der Waals surface area contributed by atoms with Gasteiger partial charge in [0.2, 0.25) is 5.91 Å². The number of hydrogen-bond donors (Lipinski definition) is 2. The van der Waals surface area contributed by atoms with Crippen LogP contribution < -0.4 is 15.4 Å². The van der Waals surface area contributed by atoms with Crippen LogP contribution in [0.4, 0.5) is 0 Å². The van der Waals surface area contributed by atoms with Crippen LogP contribution in [0, 0.1) is 0 Å². The van der Waals surface area contributed by atoms with Crippen molar-refractivity contribution in [3.8, 4) is 5.75 Å². The molecule has 0 spiro atoms. The van der Waals surface area contributed by atoms with E-state index in [0.717, 1.165) is 44.2 Å². The number of aliphatic imine (C=N–C) groups is 1. The van der Waals surface area contributed by atoms with Crippen LogP contribution in [0.1, 0.15) is 25.3 Å². The average Bonchev–Trinajstić information content (AvgIpc) is 3.09. The van der Waals surface area contributed by atoms with Gasteiger partial charge >= 0.3 is 0 Å². The Labute approximate surface area is 144 Å². The van der Waals surface area contributed by atoms with Gasteiger partial charge in [-0.2, -0.15) is 0 Å². The molecule has 6 nitrogen and oxygen atoms in total. The number of nitrogens with zero attached hydrogens (tertiary/aromatic N) is 2. The molecule has 1 atom stereocenters. The smallest absolute Gasteiger partial charge is 0.222 e. The van der Waals surface area contributed by atoms with E-state index in [4.69, 9.17) is 4.74 Å². The van der Waals surface area contributed by atoms with Gasteiger partial charge in [0.05, 0.1) is 7.11 Å². The maximum atomic E-state index is 11.7. The third-order valence-electron chi connectivity index (χ3n) is 4.25. The second-order valence-corrected chi connectivity index (χ2v) is 5.92. The molecule has 0 aliphatic carbocycles. The first-order chi connectivity index (χ1) is 11.7. The number of rotatable bonds is 6. The minimum atomic E-state index is 0.222. The van der Waals surface area contributed by atoms with Crippen molar-refractivity contribution in [1.29, 1.82) is 0 Å². The Morgan fingerprint density at radius 1 is 1.46 bits per heavy atom. The van der Waals surface area contributed by atoms with Crippen molar-refractivity contribution in [1.82, 2.24) is 15.5 Å². The topological polar surface area (TPSA) is 66.0 Å². The summed E-state index contributed by atoms with van der Waals surface area (Å²) in [7, 11) is 3.45. The number of methoxy groups -OCH3 is 1. The third kappa shape index (κ3) is 5.15. The van der Waals surface area contributed by atoms with Gasteiger partial charge in [-0.3, -0.25) is 9.79 Å². The maximum Gasteiger partial charge on any atom is 0.222 e. The van der Waals surface area contributed by atoms with Gasteiger partial charge in [-0.1, -0.05) is 19.1 Å². The maximum absolute atomic E-state index is 11.7. The molecule has 0 radical (unpaired) electrons. The van der Waals surface area contributed by atoms with Crippen LogP contribution in [0.2, 0.25) is 0 Å². The molecule has 1 amide bonds. The first kappa shape index (κ1) is 18.1. The summed E-state index contributed by atoms with van der Waals surface area (Å²) in [5.74, 6) is 1.88. The van der Waals surface area contributed by atoms with E-state index in [1.807, 2.05) is 30.0 Å². The van der Waals surface area contributed by atoms with E-state index in [0.29, 0.717) is 6.42 Å². The molecule has 1 aliphatic heterocycles. The van der Waals surface area contributed by atoms with Crippen LogP contribution in [0.15, 0.2) is 29.3 Å². The normalized spacial score (nSPS) is 17.7. The molecule has 0 bridgehead atoms. The lowest BCUT2D eigenvalue weighted by Gasteiger charge is -2.18. The van der Waals surface area contributed by atoms with E-state index in [2.05, 4.69) is 21.7 Å². The van der Waals surface area contributed by atoms with Crippen molar-refractivity contribution in [3.05, 3.63) is 29.8 Å². The molecule has 1 heterocycles. The fourth-order valence-electron chi connectivity index (χ4n) is 2.87. The standard InChI is InChI=1S/C18H28N4O2/c1-4-17(23)22-11-9-15(13-22)21-18(19-2)20-10-8-14-6-5-7-16(12-14)24-3/h5-7,12,15H,4,8-11,13H2,1-3H3,(H2,19,20,21). The van der Waals surface area contributed by atoms with Crippen LogP contribution in [0.5, 0.6) is 5.75 Å². The Bertz CT molecular complexity index is 574. The number of hydrogen-bond acceptors (Lipinski definition) is 3. The Hall–Kier alpha value is -2.24. The lowest BCUT2D eigenvalue weighted by molar-refractivity contribution is -0.129. The molecule has 1 fully saturated rings. The van der Waals surface area contributed by atoms with Crippen LogP contribution in [0.3, 0.4) is 0 Å². The molecule has 2 N–H and O–H groups in total. The highest BCUT2D eigenvalue weighted by molar-refractivity contribution is 5.80. The van der Waals surface area contributed by atoms with Crippen molar-refractivity contribution in [2.45, 2.75) is 32.2 Å². The van der Waals surface area contributed by atoms with Gasteiger partial charge in [0.25, 0.3) is 0 Å². The molecular formula is C18H28N4O2. The van der Waals surface area contributed by atoms with Crippen LogP contribution in [-0.2, 0) is 11.2 Å². The lowest BCUT2D eigenvalue weighted by Crippen LogP contribution is -2.45. The predicted octanol–water partition coefficient (Wildman–Crippen LogP) is 1.41. The van der Waals surface area contributed by atoms with Gasteiger partial charge in [0.15, 0.2) is 5.96 Å².